The first-order valence-corrected chi connectivity index (χ1v) is 5.26. The molecular formula is C10H12BrNO4. The number of carbonyl (C=O) groups excluding carboxylic acids is 2. The highest BCUT2D eigenvalue weighted by molar-refractivity contribution is 9.10. The van der Waals surface area contributed by atoms with Crippen LogP contribution in [0.15, 0.2) is 23.9 Å². The summed E-state index contributed by atoms with van der Waals surface area (Å²) >= 11 is 3.19. The van der Waals surface area contributed by atoms with E-state index in [0.29, 0.717) is 0 Å². The molecule has 0 saturated heterocycles. The maximum Gasteiger partial charge on any atom is 0.330 e. The third kappa shape index (κ3) is 2.27. The van der Waals surface area contributed by atoms with Gasteiger partial charge < -0.3 is 15.2 Å². The highest BCUT2D eigenvalue weighted by Crippen LogP contribution is 2.31. The summed E-state index contributed by atoms with van der Waals surface area (Å²) < 4.78 is 8.08. The Morgan fingerprint density at radius 3 is 2.50 bits per heavy atom. The third-order valence-corrected chi connectivity index (χ3v) is 3.04. The van der Waals surface area contributed by atoms with Crippen molar-refractivity contribution in [3.05, 3.63) is 23.9 Å². The Kier molecular flexibility index (Phi) is 3.74. The van der Waals surface area contributed by atoms with Gasteiger partial charge in [0.05, 0.1) is 14.2 Å². The largest absolute Gasteiger partial charge is 0.468 e. The molecular weight excluding hydrogens is 278 g/mol. The fraction of sp³-hybridized carbons (Fsp3) is 0.400. The highest BCUT2D eigenvalue weighted by Gasteiger charge is 2.37. The van der Waals surface area contributed by atoms with Gasteiger partial charge in [0.15, 0.2) is 4.32 Å². The minimum absolute atomic E-state index is 0.247. The first-order valence-electron chi connectivity index (χ1n) is 4.47. The zero-order valence-electron chi connectivity index (χ0n) is 8.90. The Balaban J connectivity index is 2.97. The van der Waals surface area contributed by atoms with Crippen LogP contribution in [0.5, 0.6) is 0 Å². The van der Waals surface area contributed by atoms with Crippen LogP contribution in [0.3, 0.4) is 0 Å². The van der Waals surface area contributed by atoms with Crippen LogP contribution in [0.25, 0.3) is 0 Å². The van der Waals surface area contributed by atoms with Gasteiger partial charge in [-0.3, -0.25) is 4.79 Å². The first kappa shape index (κ1) is 12.8. The molecule has 0 radical (unpaired) electrons. The molecule has 16 heavy (non-hydrogen) atoms. The van der Waals surface area contributed by atoms with E-state index >= 15 is 0 Å². The van der Waals surface area contributed by atoms with Gasteiger partial charge in [0.25, 0.3) is 0 Å². The topological polar surface area (TPSA) is 78.6 Å². The van der Waals surface area contributed by atoms with Gasteiger partial charge in [0, 0.05) is 5.70 Å². The SMILES string of the molecule is COC(=O)C1C=CC(Br)(C(=O)OC)C=C1N. The fourth-order valence-corrected chi connectivity index (χ4v) is 1.93. The molecule has 0 aliphatic heterocycles. The van der Waals surface area contributed by atoms with E-state index in [0.717, 1.165) is 0 Å². The molecule has 1 aliphatic carbocycles. The maximum atomic E-state index is 11.4. The summed E-state index contributed by atoms with van der Waals surface area (Å²) in [7, 11) is 2.55. The minimum atomic E-state index is -1.10. The average molecular weight is 290 g/mol. The van der Waals surface area contributed by atoms with Crippen molar-refractivity contribution in [1.29, 1.82) is 0 Å². The van der Waals surface area contributed by atoms with Crippen molar-refractivity contribution < 1.29 is 19.1 Å². The predicted octanol–water partition coefficient (Wildman–Crippen LogP) is 0.495. The van der Waals surface area contributed by atoms with Gasteiger partial charge in [-0.25, -0.2) is 4.79 Å². The molecule has 0 fully saturated rings. The molecule has 2 unspecified atom stereocenters. The van der Waals surface area contributed by atoms with Crippen LogP contribution in [0, 0.1) is 5.92 Å². The van der Waals surface area contributed by atoms with E-state index in [1.165, 1.54) is 32.4 Å². The summed E-state index contributed by atoms with van der Waals surface area (Å²) in [5.74, 6) is -1.63. The monoisotopic (exact) mass is 289 g/mol. The van der Waals surface area contributed by atoms with Crippen molar-refractivity contribution in [3.63, 3.8) is 0 Å². The smallest absolute Gasteiger partial charge is 0.330 e. The molecule has 0 amide bonds. The molecule has 0 bridgehead atoms. The molecule has 0 aromatic rings. The summed E-state index contributed by atoms with van der Waals surface area (Å²) in [4.78, 5) is 22.7. The van der Waals surface area contributed by atoms with E-state index in [1.807, 2.05) is 0 Å². The summed E-state index contributed by atoms with van der Waals surface area (Å²) in [6.07, 6.45) is 4.45. The lowest BCUT2D eigenvalue weighted by molar-refractivity contribution is -0.143. The number of hydrogen-bond donors (Lipinski definition) is 1. The van der Waals surface area contributed by atoms with Gasteiger partial charge >= 0.3 is 11.9 Å². The van der Waals surface area contributed by atoms with E-state index in [2.05, 4.69) is 25.4 Å². The second-order valence-corrected chi connectivity index (χ2v) is 4.58. The van der Waals surface area contributed by atoms with E-state index in [9.17, 15) is 9.59 Å². The van der Waals surface area contributed by atoms with Crippen molar-refractivity contribution in [1.82, 2.24) is 0 Å². The predicted molar refractivity (Wildman–Crippen MR) is 60.6 cm³/mol. The van der Waals surface area contributed by atoms with E-state index in [4.69, 9.17) is 5.73 Å². The van der Waals surface area contributed by atoms with Crippen LogP contribution in [0.4, 0.5) is 0 Å². The fourth-order valence-electron chi connectivity index (χ4n) is 1.35. The molecule has 0 spiro atoms. The van der Waals surface area contributed by atoms with Crippen LogP contribution in [-0.2, 0) is 19.1 Å². The Labute approximate surface area is 101 Å². The number of halogens is 1. The van der Waals surface area contributed by atoms with Crippen LogP contribution < -0.4 is 5.73 Å². The Morgan fingerprint density at radius 2 is 2.06 bits per heavy atom. The van der Waals surface area contributed by atoms with Crippen LogP contribution >= 0.6 is 15.9 Å². The molecule has 1 rings (SSSR count). The molecule has 0 saturated carbocycles. The second kappa shape index (κ2) is 4.69. The van der Waals surface area contributed by atoms with Crippen molar-refractivity contribution in [3.8, 4) is 0 Å². The van der Waals surface area contributed by atoms with Gasteiger partial charge in [-0.1, -0.05) is 28.1 Å². The standard InChI is InChI=1S/C10H12BrNO4/c1-15-8(13)6-3-4-10(11,5-7(6)12)9(14)16-2/h3-6H,12H2,1-2H3. The van der Waals surface area contributed by atoms with E-state index < -0.39 is 22.2 Å². The normalized spacial score (nSPS) is 28.2. The number of alkyl halides is 1. The lowest BCUT2D eigenvalue weighted by Crippen LogP contribution is -2.35. The number of hydrogen-bond acceptors (Lipinski definition) is 5. The number of methoxy groups -OCH3 is 2. The Bertz CT molecular complexity index is 377. The van der Waals surface area contributed by atoms with Gasteiger partial charge in [-0.05, 0) is 6.08 Å². The van der Waals surface area contributed by atoms with Crippen LogP contribution in [-0.4, -0.2) is 30.5 Å². The van der Waals surface area contributed by atoms with Crippen LogP contribution in [0.1, 0.15) is 0 Å². The number of carbonyl (C=O) groups is 2. The molecule has 2 atom stereocenters. The number of rotatable bonds is 2. The summed E-state index contributed by atoms with van der Waals surface area (Å²) in [5.41, 5.74) is 5.94. The number of esters is 2. The molecule has 5 nitrogen and oxygen atoms in total. The van der Waals surface area contributed by atoms with Crippen molar-refractivity contribution in [2.75, 3.05) is 14.2 Å². The van der Waals surface area contributed by atoms with Gasteiger partial charge in [0.2, 0.25) is 0 Å². The first-order chi connectivity index (χ1) is 7.44. The number of nitrogens with two attached hydrogens (primary N) is 1. The van der Waals surface area contributed by atoms with E-state index in [-0.39, 0.29) is 5.70 Å². The zero-order valence-corrected chi connectivity index (χ0v) is 10.5. The Morgan fingerprint density at radius 1 is 1.44 bits per heavy atom. The van der Waals surface area contributed by atoms with Crippen molar-refractivity contribution >= 4 is 27.9 Å². The van der Waals surface area contributed by atoms with Crippen LogP contribution in [0.2, 0.25) is 0 Å². The van der Waals surface area contributed by atoms with Crippen molar-refractivity contribution in [2.45, 2.75) is 4.32 Å². The Hall–Kier alpha value is -1.30. The van der Waals surface area contributed by atoms with Crippen molar-refractivity contribution in [2.24, 2.45) is 11.7 Å². The van der Waals surface area contributed by atoms with Gasteiger partial charge in [-0.2, -0.15) is 0 Å². The summed E-state index contributed by atoms with van der Waals surface area (Å²) in [5, 5.41) is 0. The minimum Gasteiger partial charge on any atom is -0.468 e. The maximum absolute atomic E-state index is 11.4. The second-order valence-electron chi connectivity index (χ2n) is 3.26. The summed E-state index contributed by atoms with van der Waals surface area (Å²) in [6.45, 7) is 0. The molecule has 0 aromatic heterocycles. The van der Waals surface area contributed by atoms with Gasteiger partial charge in [0.1, 0.15) is 5.92 Å². The lowest BCUT2D eigenvalue weighted by Gasteiger charge is -2.24. The molecule has 6 heteroatoms. The average Bonchev–Trinajstić information content (AvgIpc) is 2.27. The molecule has 0 aromatic carbocycles. The quantitative estimate of drug-likeness (QED) is 0.455. The lowest BCUT2D eigenvalue weighted by atomic mass is 9.93. The summed E-state index contributed by atoms with van der Waals surface area (Å²) in [6, 6.07) is 0. The number of ether oxygens (including phenoxy) is 2. The highest BCUT2D eigenvalue weighted by atomic mass is 79.9. The van der Waals surface area contributed by atoms with E-state index in [1.54, 1.807) is 0 Å². The zero-order chi connectivity index (χ0) is 12.3. The van der Waals surface area contributed by atoms with Gasteiger partial charge in [-0.15, -0.1) is 0 Å². The molecule has 1 aliphatic rings. The third-order valence-electron chi connectivity index (χ3n) is 2.22. The molecule has 0 heterocycles. The molecule has 2 N–H and O–H groups in total. The molecule has 88 valence electrons.